The van der Waals surface area contributed by atoms with Gasteiger partial charge in [-0.1, -0.05) is 23.7 Å². The van der Waals surface area contributed by atoms with Crippen LogP contribution in [0.3, 0.4) is 0 Å². The second-order valence-corrected chi connectivity index (χ2v) is 5.84. The summed E-state index contributed by atoms with van der Waals surface area (Å²) in [7, 11) is 3.40. The molecular formula is C15H14BrClN2O2. The van der Waals surface area contributed by atoms with Crippen LogP contribution in [0.25, 0.3) is 0 Å². The summed E-state index contributed by atoms with van der Waals surface area (Å²) >= 11 is 9.26. The summed E-state index contributed by atoms with van der Waals surface area (Å²) in [5.74, 6) is 0.376. The van der Waals surface area contributed by atoms with Crippen molar-refractivity contribution in [1.82, 2.24) is 9.88 Å². The highest BCUT2D eigenvalue weighted by atomic mass is 79.9. The lowest BCUT2D eigenvalue weighted by atomic mass is 10.1. The number of carbonyl (C=O) groups is 1. The molecule has 0 fully saturated rings. The molecule has 0 saturated carbocycles. The van der Waals surface area contributed by atoms with Gasteiger partial charge in [0.15, 0.2) is 0 Å². The zero-order valence-electron chi connectivity index (χ0n) is 11.6. The summed E-state index contributed by atoms with van der Waals surface area (Å²) in [5, 5.41) is 0.518. The van der Waals surface area contributed by atoms with Crippen LogP contribution in [0.4, 0.5) is 0 Å². The van der Waals surface area contributed by atoms with Crippen molar-refractivity contribution in [2.75, 3.05) is 14.1 Å². The van der Waals surface area contributed by atoms with E-state index in [1.807, 2.05) is 12.1 Å². The van der Waals surface area contributed by atoms with Crippen LogP contribution >= 0.6 is 27.5 Å². The number of carbonyl (C=O) groups excluding carboxylic acids is 1. The lowest BCUT2D eigenvalue weighted by molar-refractivity contribution is 0.0825. The van der Waals surface area contributed by atoms with Crippen molar-refractivity contribution in [3.8, 4) is 5.88 Å². The third-order valence-corrected chi connectivity index (χ3v) is 3.45. The van der Waals surface area contributed by atoms with Crippen LogP contribution in [0, 0.1) is 0 Å². The number of benzene rings is 1. The maximum atomic E-state index is 12.2. The normalized spacial score (nSPS) is 10.3. The minimum atomic E-state index is -0.113. The van der Waals surface area contributed by atoms with E-state index in [9.17, 15) is 4.79 Å². The second kappa shape index (κ2) is 6.91. The molecule has 0 aliphatic rings. The van der Waals surface area contributed by atoms with E-state index in [1.165, 1.54) is 4.90 Å². The van der Waals surface area contributed by atoms with Gasteiger partial charge in [-0.2, -0.15) is 0 Å². The van der Waals surface area contributed by atoms with E-state index in [0.29, 0.717) is 21.1 Å². The number of amides is 1. The van der Waals surface area contributed by atoms with Crippen LogP contribution in [0.2, 0.25) is 5.02 Å². The summed E-state index contributed by atoms with van der Waals surface area (Å²) < 4.78 is 6.32. The van der Waals surface area contributed by atoms with E-state index >= 15 is 0 Å². The zero-order valence-corrected chi connectivity index (χ0v) is 14.0. The first-order valence-electron chi connectivity index (χ1n) is 6.23. The fraction of sp³-hybridized carbons (Fsp3) is 0.200. The van der Waals surface area contributed by atoms with Gasteiger partial charge in [0.05, 0.1) is 0 Å². The van der Waals surface area contributed by atoms with Gasteiger partial charge < -0.3 is 9.64 Å². The molecule has 1 amide bonds. The summed E-state index contributed by atoms with van der Waals surface area (Å²) in [5.41, 5.74) is 1.29. The lowest BCUT2D eigenvalue weighted by Crippen LogP contribution is -2.23. The molecule has 6 heteroatoms. The Kier molecular flexibility index (Phi) is 5.20. The number of nitrogens with zero attached hydrogens (tertiary/aromatic N) is 2. The molecule has 0 aliphatic carbocycles. The Hall–Kier alpha value is -1.59. The van der Waals surface area contributed by atoms with Crippen LogP contribution in [-0.4, -0.2) is 29.9 Å². The largest absolute Gasteiger partial charge is 0.473 e. The van der Waals surface area contributed by atoms with Crippen molar-refractivity contribution in [3.63, 3.8) is 0 Å². The predicted molar refractivity (Wildman–Crippen MR) is 85.7 cm³/mol. The van der Waals surface area contributed by atoms with E-state index in [0.717, 1.165) is 5.56 Å². The molecule has 21 heavy (non-hydrogen) atoms. The van der Waals surface area contributed by atoms with Gasteiger partial charge >= 0.3 is 0 Å². The third-order valence-electron chi connectivity index (χ3n) is 2.77. The molecule has 0 radical (unpaired) electrons. The molecule has 2 rings (SSSR count). The predicted octanol–water partition coefficient (Wildman–Crippen LogP) is 3.78. The Morgan fingerprint density at radius 3 is 2.76 bits per heavy atom. The Morgan fingerprint density at radius 2 is 2.10 bits per heavy atom. The quantitative estimate of drug-likeness (QED) is 0.770. The smallest absolute Gasteiger partial charge is 0.253 e. The Bertz CT molecular complexity index is 662. The van der Waals surface area contributed by atoms with Crippen molar-refractivity contribution < 1.29 is 9.53 Å². The molecule has 0 N–H and O–H groups in total. The molecule has 0 saturated heterocycles. The topological polar surface area (TPSA) is 42.4 Å². The van der Waals surface area contributed by atoms with Gasteiger partial charge in [-0.15, -0.1) is 0 Å². The van der Waals surface area contributed by atoms with E-state index in [-0.39, 0.29) is 12.5 Å². The molecule has 0 aliphatic heterocycles. The van der Waals surface area contributed by atoms with Gasteiger partial charge in [0, 0.05) is 36.3 Å². The van der Waals surface area contributed by atoms with E-state index in [1.54, 1.807) is 38.4 Å². The van der Waals surface area contributed by atoms with Gasteiger partial charge in [-0.05, 0) is 34.1 Å². The highest BCUT2D eigenvalue weighted by molar-refractivity contribution is 9.10. The summed E-state index contributed by atoms with van der Waals surface area (Å²) in [6.07, 6.45) is 0. The van der Waals surface area contributed by atoms with E-state index < -0.39 is 0 Å². The SMILES string of the molecule is CN(C)C(=O)c1cc(Cl)ccc1COc1cccc(Br)n1. The van der Waals surface area contributed by atoms with E-state index in [2.05, 4.69) is 20.9 Å². The Labute approximate surface area is 136 Å². The summed E-state index contributed by atoms with van der Waals surface area (Å²) in [6.45, 7) is 0.246. The van der Waals surface area contributed by atoms with Crippen molar-refractivity contribution >= 4 is 33.4 Å². The van der Waals surface area contributed by atoms with Crippen molar-refractivity contribution in [2.45, 2.75) is 6.61 Å². The second-order valence-electron chi connectivity index (χ2n) is 4.59. The van der Waals surface area contributed by atoms with Crippen molar-refractivity contribution in [1.29, 1.82) is 0 Å². The van der Waals surface area contributed by atoms with Gasteiger partial charge in [0.1, 0.15) is 11.2 Å². The van der Waals surface area contributed by atoms with Crippen molar-refractivity contribution in [3.05, 3.63) is 57.2 Å². The molecule has 1 aromatic carbocycles. The number of halogens is 2. The number of ether oxygens (including phenoxy) is 1. The number of pyridine rings is 1. The number of aromatic nitrogens is 1. The van der Waals surface area contributed by atoms with Gasteiger partial charge in [0.2, 0.25) is 5.88 Å². The van der Waals surface area contributed by atoms with Crippen molar-refractivity contribution in [2.24, 2.45) is 0 Å². The first-order chi connectivity index (χ1) is 9.97. The monoisotopic (exact) mass is 368 g/mol. The summed E-state index contributed by atoms with van der Waals surface area (Å²) in [4.78, 5) is 17.9. The van der Waals surface area contributed by atoms with Crippen LogP contribution in [0.5, 0.6) is 5.88 Å². The Morgan fingerprint density at radius 1 is 1.33 bits per heavy atom. The zero-order chi connectivity index (χ0) is 15.4. The van der Waals surface area contributed by atoms with Crippen LogP contribution in [0.1, 0.15) is 15.9 Å². The maximum absolute atomic E-state index is 12.2. The minimum absolute atomic E-state index is 0.113. The molecule has 0 bridgehead atoms. The molecule has 0 spiro atoms. The molecule has 110 valence electrons. The molecular weight excluding hydrogens is 356 g/mol. The van der Waals surface area contributed by atoms with Crippen LogP contribution in [-0.2, 0) is 6.61 Å². The molecule has 4 nitrogen and oxygen atoms in total. The molecule has 1 heterocycles. The van der Waals surface area contributed by atoms with Crippen LogP contribution < -0.4 is 4.74 Å². The van der Waals surface area contributed by atoms with E-state index in [4.69, 9.17) is 16.3 Å². The molecule has 1 aromatic heterocycles. The van der Waals surface area contributed by atoms with Crippen LogP contribution in [0.15, 0.2) is 41.0 Å². The van der Waals surface area contributed by atoms with Gasteiger partial charge in [-0.3, -0.25) is 4.79 Å². The fourth-order valence-electron chi connectivity index (χ4n) is 1.74. The molecule has 2 aromatic rings. The molecule has 0 unspecified atom stereocenters. The highest BCUT2D eigenvalue weighted by Crippen LogP contribution is 2.20. The Balaban J connectivity index is 2.21. The average Bonchev–Trinajstić information content (AvgIpc) is 2.45. The first kappa shape index (κ1) is 15.8. The molecule has 0 atom stereocenters. The lowest BCUT2D eigenvalue weighted by Gasteiger charge is -2.15. The van der Waals surface area contributed by atoms with Gasteiger partial charge in [0.25, 0.3) is 5.91 Å². The maximum Gasteiger partial charge on any atom is 0.253 e. The third kappa shape index (κ3) is 4.19. The highest BCUT2D eigenvalue weighted by Gasteiger charge is 2.14. The number of rotatable bonds is 4. The first-order valence-corrected chi connectivity index (χ1v) is 7.40. The number of hydrogen-bond acceptors (Lipinski definition) is 3. The van der Waals surface area contributed by atoms with Gasteiger partial charge in [-0.25, -0.2) is 4.98 Å². The minimum Gasteiger partial charge on any atom is -0.473 e. The fourth-order valence-corrected chi connectivity index (χ4v) is 2.24. The standard InChI is InChI=1S/C15H14BrClN2O2/c1-19(2)15(20)12-8-11(17)7-6-10(12)9-21-14-5-3-4-13(16)18-14/h3-8H,9H2,1-2H3. The summed E-state index contributed by atoms with van der Waals surface area (Å²) in [6, 6.07) is 10.6. The number of hydrogen-bond donors (Lipinski definition) is 0. The average molecular weight is 370 g/mol.